The Kier molecular flexibility index (Phi) is 4.17. The zero-order valence-corrected chi connectivity index (χ0v) is 12.2. The molecule has 98 valence electrons. The van der Waals surface area contributed by atoms with Crippen LogP contribution < -0.4 is 4.90 Å². The van der Waals surface area contributed by atoms with Crippen molar-refractivity contribution in [2.45, 2.75) is 0 Å². The molecule has 1 aromatic heterocycles. The highest BCUT2D eigenvalue weighted by molar-refractivity contribution is 9.10. The van der Waals surface area contributed by atoms with Gasteiger partial charge in [-0.15, -0.1) is 0 Å². The summed E-state index contributed by atoms with van der Waals surface area (Å²) in [6, 6.07) is 7.22. The molecule has 0 bridgehead atoms. The summed E-state index contributed by atoms with van der Waals surface area (Å²) in [4.78, 5) is 17.6. The first-order valence-corrected chi connectivity index (χ1v) is 6.51. The van der Waals surface area contributed by atoms with Crippen LogP contribution >= 0.6 is 27.5 Å². The van der Waals surface area contributed by atoms with Crippen molar-refractivity contribution in [1.29, 1.82) is 0 Å². The Morgan fingerprint density at radius 2 is 2.00 bits per heavy atom. The van der Waals surface area contributed by atoms with Crippen molar-refractivity contribution in [2.75, 3.05) is 11.9 Å². The SMILES string of the molecule is CN(C(=O)c1cc(Br)cnc1Cl)c1ccc(F)cc1. The van der Waals surface area contributed by atoms with Gasteiger partial charge in [0.25, 0.3) is 5.91 Å². The van der Waals surface area contributed by atoms with Crippen LogP contribution in [0.1, 0.15) is 10.4 Å². The predicted octanol–water partition coefficient (Wildman–Crippen LogP) is 3.91. The van der Waals surface area contributed by atoms with E-state index in [2.05, 4.69) is 20.9 Å². The molecule has 0 saturated heterocycles. The van der Waals surface area contributed by atoms with E-state index in [0.29, 0.717) is 10.2 Å². The maximum absolute atomic E-state index is 12.9. The molecule has 6 heteroatoms. The van der Waals surface area contributed by atoms with Crippen LogP contribution in [0.15, 0.2) is 41.0 Å². The lowest BCUT2D eigenvalue weighted by Gasteiger charge is -2.17. The van der Waals surface area contributed by atoms with Gasteiger partial charge in [0, 0.05) is 23.4 Å². The Morgan fingerprint density at radius 3 is 2.63 bits per heavy atom. The minimum absolute atomic E-state index is 0.127. The minimum Gasteiger partial charge on any atom is -0.311 e. The highest BCUT2D eigenvalue weighted by atomic mass is 79.9. The number of pyridine rings is 1. The number of nitrogens with zero attached hydrogens (tertiary/aromatic N) is 2. The molecule has 0 spiro atoms. The zero-order valence-electron chi connectivity index (χ0n) is 9.90. The molecule has 1 aromatic carbocycles. The molecule has 1 heterocycles. The molecule has 19 heavy (non-hydrogen) atoms. The second-order valence-electron chi connectivity index (χ2n) is 3.83. The Balaban J connectivity index is 2.33. The summed E-state index contributed by atoms with van der Waals surface area (Å²) in [5.41, 5.74) is 0.852. The fourth-order valence-electron chi connectivity index (χ4n) is 1.54. The number of hydrogen-bond donors (Lipinski definition) is 0. The topological polar surface area (TPSA) is 33.2 Å². The molecule has 0 aliphatic heterocycles. The van der Waals surface area contributed by atoms with E-state index >= 15 is 0 Å². The lowest BCUT2D eigenvalue weighted by atomic mass is 10.2. The van der Waals surface area contributed by atoms with Gasteiger partial charge in [-0.25, -0.2) is 9.37 Å². The van der Waals surface area contributed by atoms with Crippen LogP contribution in [0.5, 0.6) is 0 Å². The second kappa shape index (κ2) is 5.67. The second-order valence-corrected chi connectivity index (χ2v) is 5.11. The Bertz CT molecular complexity index is 619. The highest BCUT2D eigenvalue weighted by Gasteiger charge is 2.17. The van der Waals surface area contributed by atoms with Gasteiger partial charge < -0.3 is 4.90 Å². The van der Waals surface area contributed by atoms with Crippen LogP contribution in [0.25, 0.3) is 0 Å². The van der Waals surface area contributed by atoms with Gasteiger partial charge in [-0.3, -0.25) is 4.79 Å². The summed E-state index contributed by atoms with van der Waals surface area (Å²) in [6.45, 7) is 0. The molecule has 0 saturated carbocycles. The van der Waals surface area contributed by atoms with Crippen LogP contribution in [0, 0.1) is 5.82 Å². The van der Waals surface area contributed by atoms with Gasteiger partial charge in [-0.05, 0) is 46.3 Å². The summed E-state index contributed by atoms with van der Waals surface area (Å²) in [5, 5.41) is 0.127. The number of rotatable bonds is 2. The van der Waals surface area contributed by atoms with Crippen LogP contribution in [-0.2, 0) is 0 Å². The summed E-state index contributed by atoms with van der Waals surface area (Å²) in [5.74, 6) is -0.669. The fraction of sp³-hybridized carbons (Fsp3) is 0.0769. The number of benzene rings is 1. The average molecular weight is 344 g/mol. The third-order valence-corrected chi connectivity index (χ3v) is 3.29. The van der Waals surface area contributed by atoms with Crippen molar-refractivity contribution < 1.29 is 9.18 Å². The van der Waals surface area contributed by atoms with E-state index in [-0.39, 0.29) is 22.4 Å². The van der Waals surface area contributed by atoms with E-state index in [1.165, 1.54) is 35.4 Å². The first kappa shape index (κ1) is 14.0. The van der Waals surface area contributed by atoms with Crippen molar-refractivity contribution in [2.24, 2.45) is 0 Å². The van der Waals surface area contributed by atoms with Gasteiger partial charge >= 0.3 is 0 Å². The van der Waals surface area contributed by atoms with Gasteiger partial charge in [0.05, 0.1) is 5.56 Å². The molecule has 3 nitrogen and oxygen atoms in total. The van der Waals surface area contributed by atoms with Crippen LogP contribution in [0.2, 0.25) is 5.15 Å². The fourth-order valence-corrected chi connectivity index (χ4v) is 2.05. The number of amides is 1. The van der Waals surface area contributed by atoms with Gasteiger partial charge in [0.15, 0.2) is 0 Å². The first-order valence-electron chi connectivity index (χ1n) is 5.33. The van der Waals surface area contributed by atoms with Crippen molar-refractivity contribution in [3.05, 3.63) is 57.5 Å². The molecule has 2 aromatic rings. The van der Waals surface area contributed by atoms with Gasteiger partial charge in [0.1, 0.15) is 11.0 Å². The molecule has 0 atom stereocenters. The number of anilines is 1. The van der Waals surface area contributed by atoms with Crippen LogP contribution in [-0.4, -0.2) is 17.9 Å². The van der Waals surface area contributed by atoms with E-state index in [1.54, 1.807) is 13.1 Å². The van der Waals surface area contributed by atoms with Crippen LogP contribution in [0.4, 0.5) is 10.1 Å². The quantitative estimate of drug-likeness (QED) is 0.775. The van der Waals surface area contributed by atoms with Crippen molar-refractivity contribution in [3.63, 3.8) is 0 Å². The van der Waals surface area contributed by atoms with E-state index in [0.717, 1.165) is 0 Å². The normalized spacial score (nSPS) is 10.3. The maximum atomic E-state index is 12.9. The maximum Gasteiger partial charge on any atom is 0.261 e. The number of carbonyl (C=O) groups excluding carboxylic acids is 1. The molecule has 0 unspecified atom stereocenters. The molecule has 0 radical (unpaired) electrons. The van der Waals surface area contributed by atoms with E-state index < -0.39 is 0 Å². The predicted molar refractivity (Wildman–Crippen MR) is 76.1 cm³/mol. The standard InChI is InChI=1S/C13H9BrClFN2O/c1-18(10-4-2-9(16)3-5-10)13(19)11-6-8(14)7-17-12(11)15/h2-7H,1H3. The molecular formula is C13H9BrClFN2O. The Labute approximate surface area is 123 Å². The molecular weight excluding hydrogens is 335 g/mol. The lowest BCUT2D eigenvalue weighted by Crippen LogP contribution is -2.26. The summed E-state index contributed by atoms with van der Waals surface area (Å²) in [7, 11) is 1.59. The zero-order chi connectivity index (χ0) is 14.0. The average Bonchev–Trinajstić information content (AvgIpc) is 2.41. The smallest absolute Gasteiger partial charge is 0.261 e. The van der Waals surface area contributed by atoms with Crippen molar-refractivity contribution in [1.82, 2.24) is 4.98 Å². The van der Waals surface area contributed by atoms with Crippen molar-refractivity contribution >= 4 is 39.1 Å². The van der Waals surface area contributed by atoms with Crippen molar-refractivity contribution in [3.8, 4) is 0 Å². The lowest BCUT2D eigenvalue weighted by molar-refractivity contribution is 0.0992. The molecule has 2 rings (SSSR count). The third-order valence-electron chi connectivity index (χ3n) is 2.55. The molecule has 0 N–H and O–H groups in total. The number of aromatic nitrogens is 1. The van der Waals surface area contributed by atoms with E-state index in [4.69, 9.17) is 11.6 Å². The molecule has 0 aliphatic rings. The van der Waals surface area contributed by atoms with Crippen LogP contribution in [0.3, 0.4) is 0 Å². The first-order chi connectivity index (χ1) is 8.99. The van der Waals surface area contributed by atoms with Gasteiger partial charge in [-0.2, -0.15) is 0 Å². The Morgan fingerprint density at radius 1 is 1.37 bits per heavy atom. The minimum atomic E-state index is -0.355. The number of halogens is 3. The highest BCUT2D eigenvalue weighted by Crippen LogP contribution is 2.22. The largest absolute Gasteiger partial charge is 0.311 e. The third kappa shape index (κ3) is 3.11. The monoisotopic (exact) mass is 342 g/mol. The number of hydrogen-bond acceptors (Lipinski definition) is 2. The summed E-state index contributed by atoms with van der Waals surface area (Å²) >= 11 is 9.15. The summed E-state index contributed by atoms with van der Waals surface area (Å²) < 4.78 is 13.5. The van der Waals surface area contributed by atoms with Gasteiger partial charge in [-0.1, -0.05) is 11.6 Å². The molecule has 0 fully saturated rings. The van der Waals surface area contributed by atoms with E-state index in [9.17, 15) is 9.18 Å². The molecule has 1 amide bonds. The summed E-state index contributed by atoms with van der Waals surface area (Å²) in [6.07, 6.45) is 1.51. The Hall–Kier alpha value is -1.46. The number of carbonyl (C=O) groups is 1. The van der Waals surface area contributed by atoms with Gasteiger partial charge in [0.2, 0.25) is 0 Å². The van der Waals surface area contributed by atoms with E-state index in [1.807, 2.05) is 0 Å². The molecule has 0 aliphatic carbocycles.